The van der Waals surface area contributed by atoms with Crippen LogP contribution in [0.15, 0.2) is 34.8 Å². The van der Waals surface area contributed by atoms with Gasteiger partial charge in [-0.25, -0.2) is 8.78 Å². The molecule has 0 aromatic heterocycles. The maximum Gasteiger partial charge on any atom is 0.128 e. The quantitative estimate of drug-likeness (QED) is 0.571. The second-order valence-electron chi connectivity index (χ2n) is 4.15. The average molecular weight is 366 g/mol. The molecule has 0 aliphatic heterocycles. The monoisotopic (exact) mass is 364 g/mol. The fourth-order valence-corrected chi connectivity index (χ4v) is 2.93. The summed E-state index contributed by atoms with van der Waals surface area (Å²) in [6.07, 6.45) is 0. The molecule has 2 aromatic rings. The van der Waals surface area contributed by atoms with Crippen LogP contribution in [0.3, 0.4) is 0 Å². The van der Waals surface area contributed by atoms with Crippen molar-refractivity contribution >= 4 is 39.1 Å². The second kappa shape index (κ2) is 5.78. The van der Waals surface area contributed by atoms with Gasteiger partial charge >= 0.3 is 0 Å². The molecular weight excluding hydrogens is 357 g/mol. The number of rotatable bonds is 2. The molecule has 0 N–H and O–H groups in total. The second-order valence-corrected chi connectivity index (χ2v) is 5.91. The molecule has 5 heteroatoms. The van der Waals surface area contributed by atoms with Gasteiger partial charge in [0.25, 0.3) is 0 Å². The van der Waals surface area contributed by atoms with Gasteiger partial charge in [0.1, 0.15) is 11.6 Å². The number of halogens is 5. The zero-order valence-electron chi connectivity index (χ0n) is 9.85. The third-order valence-corrected chi connectivity index (χ3v) is 4.08. The van der Waals surface area contributed by atoms with E-state index in [0.717, 1.165) is 16.6 Å². The van der Waals surface area contributed by atoms with Crippen LogP contribution >= 0.6 is 39.1 Å². The molecule has 0 bridgehead atoms. The number of hydrogen-bond acceptors (Lipinski definition) is 0. The first-order valence-corrected chi connectivity index (χ1v) is 7.05. The summed E-state index contributed by atoms with van der Waals surface area (Å²) in [5, 5.41) is -0.439. The van der Waals surface area contributed by atoms with E-state index in [9.17, 15) is 8.78 Å². The Bertz CT molecular complexity index is 629. The van der Waals surface area contributed by atoms with E-state index in [2.05, 4.69) is 15.9 Å². The summed E-state index contributed by atoms with van der Waals surface area (Å²) in [5.41, 5.74) is 0.856. The van der Waals surface area contributed by atoms with Gasteiger partial charge in [-0.05, 0) is 42.3 Å². The maximum atomic E-state index is 13.9. The fourth-order valence-electron chi connectivity index (χ4n) is 1.73. The van der Waals surface area contributed by atoms with E-state index < -0.39 is 17.0 Å². The van der Waals surface area contributed by atoms with Crippen molar-refractivity contribution in [3.05, 3.63) is 68.2 Å². The molecule has 0 aliphatic rings. The Morgan fingerprint density at radius 3 is 2.37 bits per heavy atom. The molecule has 0 spiro atoms. The molecule has 19 heavy (non-hydrogen) atoms. The molecule has 0 amide bonds. The van der Waals surface area contributed by atoms with Crippen LogP contribution in [0.4, 0.5) is 8.78 Å². The Balaban J connectivity index is 2.49. The molecular formula is C14H9BrCl2F2. The Hall–Kier alpha value is -0.640. The van der Waals surface area contributed by atoms with E-state index >= 15 is 0 Å². The van der Waals surface area contributed by atoms with Crippen LogP contribution in [0.1, 0.15) is 22.1 Å². The summed E-state index contributed by atoms with van der Waals surface area (Å²) in [4.78, 5) is 0. The highest BCUT2D eigenvalue weighted by Crippen LogP contribution is 2.36. The zero-order chi connectivity index (χ0) is 14.2. The lowest BCUT2D eigenvalue weighted by Crippen LogP contribution is -2.00. The topological polar surface area (TPSA) is 0 Å². The molecule has 0 fully saturated rings. The average Bonchev–Trinajstić information content (AvgIpc) is 2.33. The van der Waals surface area contributed by atoms with Gasteiger partial charge in [0.05, 0.1) is 5.38 Å². The highest BCUT2D eigenvalue weighted by atomic mass is 79.9. The van der Waals surface area contributed by atoms with Crippen molar-refractivity contribution in [1.82, 2.24) is 0 Å². The lowest BCUT2D eigenvalue weighted by Gasteiger charge is -2.14. The van der Waals surface area contributed by atoms with Crippen molar-refractivity contribution in [1.29, 1.82) is 0 Å². The predicted molar refractivity (Wildman–Crippen MR) is 77.9 cm³/mol. The third-order valence-electron chi connectivity index (χ3n) is 2.79. The molecule has 2 rings (SSSR count). The van der Waals surface area contributed by atoms with Gasteiger partial charge in [0, 0.05) is 15.1 Å². The number of hydrogen-bond donors (Lipinski definition) is 0. The smallest absolute Gasteiger partial charge is 0.128 e. The molecule has 1 unspecified atom stereocenters. The molecule has 0 nitrogen and oxygen atoms in total. The van der Waals surface area contributed by atoms with Crippen molar-refractivity contribution in [2.45, 2.75) is 12.3 Å². The van der Waals surface area contributed by atoms with Crippen molar-refractivity contribution in [3.63, 3.8) is 0 Å². The lowest BCUT2D eigenvalue weighted by molar-refractivity contribution is 0.580. The summed E-state index contributed by atoms with van der Waals surface area (Å²) in [6, 6.07) is 7.34. The summed E-state index contributed by atoms with van der Waals surface area (Å²) in [5.74, 6) is -1.03. The van der Waals surface area contributed by atoms with Crippen molar-refractivity contribution in [2.75, 3.05) is 0 Å². The minimum Gasteiger partial charge on any atom is -0.207 e. The van der Waals surface area contributed by atoms with Crippen LogP contribution in [0.2, 0.25) is 5.02 Å². The zero-order valence-corrected chi connectivity index (χ0v) is 13.0. The SMILES string of the molecule is Cc1cc(F)c(C(Cl)c2ccc(Br)cc2Cl)cc1F. The molecule has 0 saturated carbocycles. The Morgan fingerprint density at radius 1 is 1.05 bits per heavy atom. The predicted octanol–water partition coefficient (Wildman–Crippen LogP) is 6.02. The highest BCUT2D eigenvalue weighted by molar-refractivity contribution is 9.10. The number of alkyl halides is 1. The van der Waals surface area contributed by atoms with Crippen LogP contribution in [0.5, 0.6) is 0 Å². The van der Waals surface area contributed by atoms with Crippen LogP contribution in [-0.4, -0.2) is 0 Å². The first-order valence-electron chi connectivity index (χ1n) is 5.44. The summed E-state index contributed by atoms with van der Waals surface area (Å²) >= 11 is 15.6. The minimum atomic E-state index is -0.837. The van der Waals surface area contributed by atoms with Gasteiger partial charge in [0.2, 0.25) is 0 Å². The summed E-state index contributed by atoms with van der Waals surface area (Å²) in [6.45, 7) is 1.50. The Labute approximate surface area is 128 Å². The van der Waals surface area contributed by atoms with Gasteiger partial charge in [-0.2, -0.15) is 0 Å². The van der Waals surface area contributed by atoms with E-state index in [0.29, 0.717) is 10.6 Å². The summed E-state index contributed by atoms with van der Waals surface area (Å²) in [7, 11) is 0. The minimum absolute atomic E-state index is 0.0778. The molecule has 1 atom stereocenters. The van der Waals surface area contributed by atoms with Crippen molar-refractivity contribution < 1.29 is 8.78 Å². The molecule has 2 aromatic carbocycles. The van der Waals surface area contributed by atoms with E-state index in [1.165, 1.54) is 6.92 Å². The molecule has 0 aliphatic carbocycles. The van der Waals surface area contributed by atoms with E-state index in [-0.39, 0.29) is 11.1 Å². The standard InChI is InChI=1S/C14H9BrCl2F2/c1-7-4-13(19)10(6-12(7)18)14(17)9-3-2-8(15)5-11(9)16/h2-6,14H,1H3. The molecule has 0 radical (unpaired) electrons. The fraction of sp³-hybridized carbons (Fsp3) is 0.143. The van der Waals surface area contributed by atoms with Gasteiger partial charge in [-0.1, -0.05) is 33.6 Å². The Morgan fingerprint density at radius 2 is 1.74 bits per heavy atom. The highest BCUT2D eigenvalue weighted by Gasteiger charge is 2.19. The van der Waals surface area contributed by atoms with Gasteiger partial charge in [0.15, 0.2) is 0 Å². The van der Waals surface area contributed by atoms with Crippen molar-refractivity contribution in [2.24, 2.45) is 0 Å². The number of benzene rings is 2. The van der Waals surface area contributed by atoms with Gasteiger partial charge in [-0.15, -0.1) is 11.6 Å². The molecule has 0 saturated heterocycles. The van der Waals surface area contributed by atoms with Gasteiger partial charge in [-0.3, -0.25) is 0 Å². The van der Waals surface area contributed by atoms with Crippen molar-refractivity contribution in [3.8, 4) is 0 Å². The van der Waals surface area contributed by atoms with Gasteiger partial charge < -0.3 is 0 Å². The Kier molecular flexibility index (Phi) is 4.49. The number of aryl methyl sites for hydroxylation is 1. The van der Waals surface area contributed by atoms with Crippen LogP contribution in [0, 0.1) is 18.6 Å². The molecule has 100 valence electrons. The summed E-state index contributed by atoms with van der Waals surface area (Å²) < 4.78 is 28.2. The normalized spacial score (nSPS) is 12.5. The first-order chi connectivity index (χ1) is 8.90. The van der Waals surface area contributed by atoms with Crippen LogP contribution in [-0.2, 0) is 0 Å². The van der Waals surface area contributed by atoms with Crippen LogP contribution < -0.4 is 0 Å². The third kappa shape index (κ3) is 3.10. The lowest BCUT2D eigenvalue weighted by atomic mass is 10.0. The first kappa shape index (κ1) is 14.8. The molecule has 0 heterocycles. The largest absolute Gasteiger partial charge is 0.207 e. The van der Waals surface area contributed by atoms with Crippen LogP contribution in [0.25, 0.3) is 0 Å². The maximum absolute atomic E-state index is 13.9. The van der Waals surface area contributed by atoms with E-state index in [1.807, 2.05) is 0 Å². The van der Waals surface area contributed by atoms with E-state index in [4.69, 9.17) is 23.2 Å². The van der Waals surface area contributed by atoms with E-state index in [1.54, 1.807) is 18.2 Å².